The van der Waals surface area contributed by atoms with Crippen molar-refractivity contribution in [2.45, 2.75) is 71.8 Å². The van der Waals surface area contributed by atoms with Crippen LogP contribution in [0.1, 0.15) is 62.0 Å². The van der Waals surface area contributed by atoms with Crippen LogP contribution in [-0.2, 0) is 17.8 Å². The third-order valence-corrected chi connectivity index (χ3v) is 7.92. The number of urea groups is 1. The van der Waals surface area contributed by atoms with Gasteiger partial charge in [-0.3, -0.25) is 9.59 Å². The van der Waals surface area contributed by atoms with Crippen molar-refractivity contribution in [3.8, 4) is 11.1 Å². The zero-order valence-electron chi connectivity index (χ0n) is 25.4. The standard InChI is InChI=1S/C34H43N5O4/c1-5-36-30(41)27-12-8-7-11-26(27)24-16-14-23(15-17-24)21-39-29-13-9-6-10-25(29)18-19-28(31(39)42)37-33(43)38-32(35)34(3,4)20-22(2)40/h6-17,22,28,32,40H,5,18-21,35H2,1-4H3,(H,36,41)(H2,37,38,43)/t22-,28?,32-/m1/s1. The Morgan fingerprint density at radius 2 is 1.72 bits per heavy atom. The van der Waals surface area contributed by atoms with Gasteiger partial charge in [0.15, 0.2) is 0 Å². The normalized spacial score (nSPS) is 16.5. The third-order valence-electron chi connectivity index (χ3n) is 7.92. The molecule has 3 aromatic carbocycles. The van der Waals surface area contributed by atoms with Gasteiger partial charge in [-0.2, -0.15) is 0 Å². The van der Waals surface area contributed by atoms with E-state index >= 15 is 0 Å². The molecule has 1 heterocycles. The zero-order valence-corrected chi connectivity index (χ0v) is 25.4. The van der Waals surface area contributed by atoms with Gasteiger partial charge in [-0.05, 0) is 67.5 Å². The van der Waals surface area contributed by atoms with Gasteiger partial charge in [0.05, 0.1) is 18.8 Å². The molecule has 0 saturated heterocycles. The molecular formula is C34H43N5O4. The second kappa shape index (κ2) is 13.8. The largest absolute Gasteiger partial charge is 0.393 e. The molecule has 3 atom stereocenters. The molecule has 0 aromatic heterocycles. The lowest BCUT2D eigenvalue weighted by Crippen LogP contribution is -2.58. The van der Waals surface area contributed by atoms with Gasteiger partial charge in [-0.15, -0.1) is 0 Å². The lowest BCUT2D eigenvalue weighted by molar-refractivity contribution is -0.120. The molecule has 3 aromatic rings. The molecule has 0 radical (unpaired) electrons. The number of hydrogen-bond acceptors (Lipinski definition) is 5. The number of rotatable bonds is 10. The Balaban J connectivity index is 1.53. The van der Waals surface area contributed by atoms with E-state index < -0.39 is 29.8 Å². The Morgan fingerprint density at radius 1 is 1.05 bits per heavy atom. The van der Waals surface area contributed by atoms with Crippen LogP contribution in [0.3, 0.4) is 0 Å². The maximum atomic E-state index is 13.9. The average Bonchev–Trinajstić information content (AvgIpc) is 3.09. The van der Waals surface area contributed by atoms with Gasteiger partial charge >= 0.3 is 6.03 Å². The molecule has 1 aliphatic rings. The van der Waals surface area contributed by atoms with Gasteiger partial charge in [0, 0.05) is 23.2 Å². The van der Waals surface area contributed by atoms with Crippen molar-refractivity contribution in [2.75, 3.05) is 11.4 Å². The minimum atomic E-state index is -0.747. The molecule has 9 heteroatoms. The Hall–Kier alpha value is -4.21. The van der Waals surface area contributed by atoms with E-state index in [1.807, 2.05) is 93.6 Å². The number of aliphatic hydroxyl groups excluding tert-OH is 1. The summed E-state index contributed by atoms with van der Waals surface area (Å²) in [5, 5.41) is 18.3. The fourth-order valence-corrected chi connectivity index (χ4v) is 5.60. The summed E-state index contributed by atoms with van der Waals surface area (Å²) in [6, 6.07) is 21.9. The molecule has 43 heavy (non-hydrogen) atoms. The first-order chi connectivity index (χ1) is 20.5. The number of para-hydroxylation sites is 1. The molecule has 1 aliphatic heterocycles. The van der Waals surface area contributed by atoms with Crippen molar-refractivity contribution in [2.24, 2.45) is 11.1 Å². The van der Waals surface area contributed by atoms with E-state index in [9.17, 15) is 19.5 Å². The number of nitrogens with one attached hydrogen (secondary N) is 3. The Kier molecular flexibility index (Phi) is 10.2. The lowest BCUT2D eigenvalue weighted by atomic mass is 9.84. The topological polar surface area (TPSA) is 137 Å². The highest BCUT2D eigenvalue weighted by Crippen LogP contribution is 2.30. The first kappa shape index (κ1) is 31.7. The van der Waals surface area contributed by atoms with Crippen LogP contribution in [0.4, 0.5) is 10.5 Å². The summed E-state index contributed by atoms with van der Waals surface area (Å²) >= 11 is 0. The van der Waals surface area contributed by atoms with Crippen molar-refractivity contribution in [1.82, 2.24) is 16.0 Å². The number of hydrogen-bond donors (Lipinski definition) is 5. The minimum absolute atomic E-state index is 0.121. The highest BCUT2D eigenvalue weighted by molar-refractivity contribution is 6.01. The number of carbonyl (C=O) groups is 3. The number of amides is 4. The molecule has 0 aliphatic carbocycles. The highest BCUT2D eigenvalue weighted by atomic mass is 16.3. The van der Waals surface area contributed by atoms with Crippen LogP contribution in [0, 0.1) is 5.41 Å². The van der Waals surface area contributed by atoms with E-state index in [0.717, 1.165) is 27.9 Å². The first-order valence-corrected chi connectivity index (χ1v) is 14.9. The smallest absolute Gasteiger partial charge is 0.316 e. The van der Waals surface area contributed by atoms with Gasteiger partial charge in [0.25, 0.3) is 5.91 Å². The molecule has 0 saturated carbocycles. The predicted molar refractivity (Wildman–Crippen MR) is 169 cm³/mol. The number of fused-ring (bicyclic) bond motifs is 1. The minimum Gasteiger partial charge on any atom is -0.393 e. The summed E-state index contributed by atoms with van der Waals surface area (Å²) in [6.45, 7) is 8.19. The maximum Gasteiger partial charge on any atom is 0.316 e. The first-order valence-electron chi connectivity index (χ1n) is 14.9. The molecule has 0 fully saturated rings. The second-order valence-electron chi connectivity index (χ2n) is 11.9. The van der Waals surface area contributed by atoms with Gasteiger partial charge in [0.2, 0.25) is 5.91 Å². The second-order valence-corrected chi connectivity index (χ2v) is 11.9. The van der Waals surface area contributed by atoms with Crippen LogP contribution < -0.4 is 26.6 Å². The number of nitrogens with two attached hydrogens (primary N) is 1. The van der Waals surface area contributed by atoms with Crippen molar-refractivity contribution in [3.05, 3.63) is 89.5 Å². The van der Waals surface area contributed by atoms with Gasteiger partial charge in [-0.1, -0.05) is 74.5 Å². The van der Waals surface area contributed by atoms with E-state index in [4.69, 9.17) is 5.73 Å². The van der Waals surface area contributed by atoms with Gasteiger partial charge in [0.1, 0.15) is 6.04 Å². The van der Waals surface area contributed by atoms with Crippen LogP contribution >= 0.6 is 0 Å². The summed E-state index contributed by atoms with van der Waals surface area (Å²) in [6.07, 6.45) is 0.204. The molecule has 4 amide bonds. The number of benzene rings is 3. The summed E-state index contributed by atoms with van der Waals surface area (Å²) < 4.78 is 0. The third kappa shape index (κ3) is 7.80. The monoisotopic (exact) mass is 585 g/mol. The SMILES string of the molecule is CCNC(=O)c1ccccc1-c1ccc(CN2C(=O)C(NC(=O)N[C@@H](N)C(C)(C)C[C@@H](C)O)CCc3ccccc32)cc1. The maximum absolute atomic E-state index is 13.9. The Labute approximate surface area is 253 Å². The number of carbonyl (C=O) groups excluding carboxylic acids is 3. The van der Waals surface area contributed by atoms with E-state index in [0.29, 0.717) is 37.9 Å². The molecule has 0 bridgehead atoms. The van der Waals surface area contributed by atoms with E-state index in [-0.39, 0.29) is 11.8 Å². The fraction of sp³-hybridized carbons (Fsp3) is 0.382. The molecule has 9 nitrogen and oxygen atoms in total. The zero-order chi connectivity index (χ0) is 31.1. The summed E-state index contributed by atoms with van der Waals surface area (Å²) in [7, 11) is 0. The van der Waals surface area contributed by atoms with Crippen LogP contribution in [0.15, 0.2) is 72.8 Å². The van der Waals surface area contributed by atoms with Crippen LogP contribution in [0.5, 0.6) is 0 Å². The van der Waals surface area contributed by atoms with Gasteiger partial charge in [-0.25, -0.2) is 4.79 Å². The average molecular weight is 586 g/mol. The Bertz CT molecular complexity index is 1440. The Morgan fingerprint density at radius 3 is 2.42 bits per heavy atom. The molecular weight excluding hydrogens is 542 g/mol. The van der Waals surface area contributed by atoms with E-state index in [1.165, 1.54) is 0 Å². The molecule has 0 spiro atoms. The highest BCUT2D eigenvalue weighted by Gasteiger charge is 2.33. The lowest BCUT2D eigenvalue weighted by Gasteiger charge is -2.33. The van der Waals surface area contributed by atoms with Crippen LogP contribution in [0.25, 0.3) is 11.1 Å². The van der Waals surface area contributed by atoms with Crippen molar-refractivity contribution in [1.29, 1.82) is 0 Å². The number of aryl methyl sites for hydroxylation is 1. The summed E-state index contributed by atoms with van der Waals surface area (Å²) in [4.78, 5) is 41.2. The summed E-state index contributed by atoms with van der Waals surface area (Å²) in [5.74, 6) is -0.327. The molecule has 4 rings (SSSR count). The van der Waals surface area contributed by atoms with Crippen LogP contribution in [-0.4, -0.2) is 47.8 Å². The van der Waals surface area contributed by atoms with Crippen molar-refractivity contribution in [3.63, 3.8) is 0 Å². The summed E-state index contributed by atoms with van der Waals surface area (Å²) in [5.41, 5.74) is 10.8. The molecule has 228 valence electrons. The van der Waals surface area contributed by atoms with Gasteiger partial charge < -0.3 is 31.7 Å². The van der Waals surface area contributed by atoms with Crippen LogP contribution in [0.2, 0.25) is 0 Å². The number of nitrogens with zero attached hydrogens (tertiary/aromatic N) is 1. The van der Waals surface area contributed by atoms with Crippen molar-refractivity contribution < 1.29 is 19.5 Å². The van der Waals surface area contributed by atoms with E-state index in [2.05, 4.69) is 16.0 Å². The number of anilines is 1. The predicted octanol–water partition coefficient (Wildman–Crippen LogP) is 4.33. The van der Waals surface area contributed by atoms with Crippen molar-refractivity contribution >= 4 is 23.5 Å². The quantitative estimate of drug-likeness (QED) is 0.226. The number of aliphatic hydroxyl groups is 1. The molecule has 1 unspecified atom stereocenters. The fourth-order valence-electron chi connectivity index (χ4n) is 5.60. The van der Waals surface area contributed by atoms with E-state index in [1.54, 1.807) is 11.8 Å². The molecule has 6 N–H and O–H groups in total.